The first-order valence-corrected chi connectivity index (χ1v) is 56.6. The van der Waals surface area contributed by atoms with Crippen molar-refractivity contribution in [3.05, 3.63) is 218 Å². The van der Waals surface area contributed by atoms with Gasteiger partial charge in [-0.3, -0.25) is 43.6 Å². The molecule has 3 amide bonds. The molecule has 10 saturated carbocycles. The molecule has 4 N–H and O–H groups in total. The Labute approximate surface area is 906 Å². The highest BCUT2D eigenvalue weighted by molar-refractivity contribution is 8.00. The van der Waals surface area contributed by atoms with Gasteiger partial charge >= 0.3 is 23.9 Å². The van der Waals surface area contributed by atoms with Gasteiger partial charge in [0.2, 0.25) is 0 Å². The number of ketones is 1. The third kappa shape index (κ3) is 25.2. The van der Waals surface area contributed by atoms with Crippen molar-refractivity contribution < 1.29 is 104 Å². The average molecular weight is 2210 g/mol. The van der Waals surface area contributed by atoms with E-state index in [0.717, 1.165) is 197 Å². The lowest BCUT2D eigenvalue weighted by Gasteiger charge is -2.56. The van der Waals surface area contributed by atoms with Crippen molar-refractivity contribution in [1.29, 1.82) is 0 Å². The Kier molecular flexibility index (Phi) is 33.6. The van der Waals surface area contributed by atoms with E-state index in [-0.39, 0.29) is 113 Å². The average Bonchev–Trinajstić information content (AvgIpc) is 1.67. The van der Waals surface area contributed by atoms with E-state index in [4.69, 9.17) is 93.3 Å². The number of thioether (sulfide) groups is 1. The van der Waals surface area contributed by atoms with E-state index in [9.17, 15) is 63.2 Å². The van der Waals surface area contributed by atoms with E-state index in [1.165, 1.54) is 90.4 Å². The van der Waals surface area contributed by atoms with E-state index in [1.807, 2.05) is 50.2 Å². The molecule has 806 valence electrons. The van der Waals surface area contributed by atoms with Crippen LogP contribution >= 0.6 is 81.4 Å². The molecule has 23 nitrogen and oxygen atoms in total. The molecule has 10 aliphatic carbocycles. The summed E-state index contributed by atoms with van der Waals surface area (Å²) in [5, 5.41) is 41.9. The number of carbonyl (C=O) groups excluding carboxylic acids is 4. The second kappa shape index (κ2) is 46.0. The molecule has 7 aromatic rings. The van der Waals surface area contributed by atoms with E-state index in [0.29, 0.717) is 104 Å². The van der Waals surface area contributed by atoms with Crippen LogP contribution < -0.4 is 18.9 Å². The number of benzene rings is 7. The third-order valence-corrected chi connectivity index (χ3v) is 37.2. The van der Waals surface area contributed by atoms with Gasteiger partial charge in [0.05, 0.1) is 67.1 Å². The predicted octanol–water partition coefficient (Wildman–Crippen LogP) is 25.5. The number of nitrogens with zero attached hydrogens (tertiary/aromatic N) is 6. The third-order valence-electron chi connectivity index (χ3n) is 34.5. The number of carboxylic acid groups (broad SMARTS) is 4. The molecule has 23 rings (SSSR count). The molecule has 4 bridgehead atoms. The number of rotatable bonds is 31. The maximum atomic E-state index is 15.3. The summed E-state index contributed by atoms with van der Waals surface area (Å²) in [6, 6.07) is 26.1. The van der Waals surface area contributed by atoms with Gasteiger partial charge in [-0.15, -0.1) is 11.8 Å². The number of hydrogen-bond acceptors (Lipinski definition) is 17. The standard InChI is InChI=1S/C30H33Cl2F2NO4.C30H33Cl2FN2O4.C28H31Cl2FN2O5.C27H34FNO4S/c1-16(19-8-20(31)10-21(32)9-19)35-6-4-17(5-7-35)15-39-28-14-27(34)26(13-23(28)18-2-3-18)29(36)24-11-22(33)12-25(24)30(37)38;1-16(19-8-21(31)12-22(32)9-19)34-6-4-17(5-7-34)15-39-28-14-25(33)24(13-23(28)18-2-3-18)29(36)35-26-10-20(26)11-27(35)30(37)38;1-16(19-8-20(29)10-21(30)9-19)32-6-4-17(5-7-32)13-38-26-12-24(31)23(11-22(26)18-2-3-18)27(34)33-15-37-14-25(33)28(35)36;1-26(2)23(25(31)32)29(14-34-26)24(30)20-8-19(18-3-4-18)22(9-21(20)28)33-13-27-10-15-5-16(11-27)7-17(6-15)12-27/h8-10,13-14,16-18,22,24-25H,2-7,11-12,15H2,1H3,(H,37,38);8-9,12-14,16-18,20,26-27H,2-7,10-11,15H2,1H3,(H,37,38);8-12,16-18,25H,2-7,13-15H2,1H3,(H,35,36);8-9,15-18,23H,3-7,10-14H2,1-2H3,(H,31,32)/t16-,22-,24?,25+;16-,20+,26+,27-;16-,25?;15?,16?,17?,23-,27?/m0001/s1. The van der Waals surface area contributed by atoms with Crippen LogP contribution in [0.15, 0.2) is 103 Å². The Morgan fingerprint density at radius 2 is 0.753 bits per heavy atom. The molecule has 16 fully saturated rings. The van der Waals surface area contributed by atoms with Crippen LogP contribution in [-0.4, -0.2) is 217 Å². The number of alkyl halides is 1. The number of amides is 3. The fraction of sp³-hybridized carbons (Fsp3) is 0.565. The molecule has 150 heavy (non-hydrogen) atoms. The van der Waals surface area contributed by atoms with Gasteiger partial charge in [-0.1, -0.05) is 69.6 Å². The lowest BCUT2D eigenvalue weighted by Crippen LogP contribution is -2.49. The lowest BCUT2D eigenvalue weighted by molar-refractivity contribution is -0.143. The molecular weight excluding hydrogens is 2080 g/mol. The van der Waals surface area contributed by atoms with Crippen LogP contribution in [0.4, 0.5) is 22.0 Å². The van der Waals surface area contributed by atoms with Gasteiger partial charge in [-0.05, 0) is 411 Å². The van der Waals surface area contributed by atoms with Crippen LogP contribution in [0, 0.1) is 81.9 Å². The summed E-state index contributed by atoms with van der Waals surface area (Å²) in [7, 11) is 0. The zero-order chi connectivity index (χ0) is 106. The minimum Gasteiger partial charge on any atom is -0.493 e. The largest absolute Gasteiger partial charge is 0.493 e. The van der Waals surface area contributed by atoms with E-state index >= 15 is 17.6 Å². The highest BCUT2D eigenvalue weighted by Gasteiger charge is 2.58. The molecule has 35 heteroatoms. The summed E-state index contributed by atoms with van der Waals surface area (Å²) in [6.45, 7) is 17.3. The molecule has 6 saturated heterocycles. The fourth-order valence-corrected chi connectivity index (χ4v) is 28.4. The molecule has 11 atom stereocenters. The van der Waals surface area contributed by atoms with Gasteiger partial charge in [0.1, 0.15) is 71.3 Å². The molecule has 0 spiro atoms. The van der Waals surface area contributed by atoms with Gasteiger partial charge in [-0.25, -0.2) is 36.3 Å². The minimum atomic E-state index is -1.37. The van der Waals surface area contributed by atoms with Crippen LogP contribution in [0.2, 0.25) is 30.1 Å². The van der Waals surface area contributed by atoms with E-state index < -0.39 is 112 Å². The molecule has 6 heterocycles. The van der Waals surface area contributed by atoms with Gasteiger partial charge in [0, 0.05) is 94.6 Å². The normalized spacial score (nSPS) is 26.7. The van der Waals surface area contributed by atoms with Crippen LogP contribution in [0.25, 0.3) is 0 Å². The first-order valence-electron chi connectivity index (χ1n) is 53.4. The summed E-state index contributed by atoms with van der Waals surface area (Å²) in [6.07, 6.45) is 20.7. The molecular formula is C115H131Cl6F5N6O17S. The van der Waals surface area contributed by atoms with Crippen LogP contribution in [0.5, 0.6) is 23.0 Å². The fourth-order valence-electron chi connectivity index (χ4n) is 25.6. The summed E-state index contributed by atoms with van der Waals surface area (Å²) < 4.78 is 104. The molecule has 0 radical (unpaired) electrons. The smallest absolute Gasteiger partial charge is 0.328 e. The van der Waals surface area contributed by atoms with Crippen molar-refractivity contribution >= 4 is 129 Å². The highest BCUT2D eigenvalue weighted by Crippen LogP contribution is 2.61. The number of hydrogen-bond donors (Lipinski definition) is 4. The Morgan fingerprint density at radius 1 is 0.407 bits per heavy atom. The SMILES string of the molecule is CC1(C)SCN(C(=O)c2cc(C3CC3)c(OCC34CC5CC(CC(C5)C3)C4)cc2F)[C@@H]1C(=O)O.C[C@@H](c1cc(Cl)cc(Cl)c1)N1CCC(COc2cc(F)c(C(=O)C3C[C@H](F)C[C@H]3C(=O)O)cc2C2CC2)CC1.C[C@@H](c1cc(Cl)cc(Cl)c1)N1CCC(COc2cc(F)c(C(=O)N3COCC3C(=O)O)cc2C2CC2)CC1.C[C@@H](c1cc(Cl)cc(Cl)c1)N1CCC(COc2cc(F)c(C(=O)N3[C@@H]4C[C@@H]4C[C@H]3C(=O)O)cc2C2CC2)CC1. The molecule has 6 aliphatic heterocycles. The van der Waals surface area contributed by atoms with Crippen molar-refractivity contribution in [2.24, 2.45) is 58.7 Å². The Hall–Kier alpha value is -8.72. The minimum absolute atomic E-state index is 0.0337. The Morgan fingerprint density at radius 3 is 1.11 bits per heavy atom. The van der Waals surface area contributed by atoms with Gasteiger partial charge < -0.3 is 53.9 Å². The topological polar surface area (TPSA) is 283 Å². The number of carbonyl (C=O) groups is 8. The highest BCUT2D eigenvalue weighted by atomic mass is 35.5. The van der Waals surface area contributed by atoms with Gasteiger partial charge in [0.25, 0.3) is 17.7 Å². The van der Waals surface area contributed by atoms with Crippen molar-refractivity contribution in [2.75, 3.05) is 84.9 Å². The van der Waals surface area contributed by atoms with Crippen LogP contribution in [0.1, 0.15) is 311 Å². The molecule has 0 aromatic heterocycles. The van der Waals surface area contributed by atoms with Crippen molar-refractivity contribution in [3.63, 3.8) is 0 Å². The van der Waals surface area contributed by atoms with Crippen LogP contribution in [0.3, 0.4) is 0 Å². The second-order valence-corrected chi connectivity index (χ2v) is 49.9. The number of carboxylic acids is 4. The van der Waals surface area contributed by atoms with Crippen molar-refractivity contribution in [3.8, 4) is 23.0 Å². The van der Waals surface area contributed by atoms with Crippen molar-refractivity contribution in [1.82, 2.24) is 29.4 Å². The number of aliphatic carboxylic acids is 4. The molecule has 7 aromatic carbocycles. The number of halogens is 11. The number of likely N-dealkylation sites (tertiary alicyclic amines) is 4. The van der Waals surface area contributed by atoms with E-state index in [1.54, 1.807) is 36.4 Å². The van der Waals surface area contributed by atoms with Crippen molar-refractivity contribution in [2.45, 2.75) is 266 Å². The number of ether oxygens (including phenoxy) is 5. The van der Waals surface area contributed by atoms with Gasteiger partial charge in [-0.2, -0.15) is 0 Å². The van der Waals surface area contributed by atoms with E-state index in [2.05, 4.69) is 35.5 Å². The zero-order valence-electron chi connectivity index (χ0n) is 84.9. The summed E-state index contributed by atoms with van der Waals surface area (Å²) >= 11 is 38.6. The first-order chi connectivity index (χ1) is 71.6. The first kappa shape index (κ1) is 110. The number of Topliss-reactive ketones (excluding diaryl/α,β-unsaturated/α-hetero) is 1. The second-order valence-electron chi connectivity index (χ2n) is 45.7. The maximum Gasteiger partial charge on any atom is 0.328 e. The summed E-state index contributed by atoms with van der Waals surface area (Å²) in [5.74, 6) is -4.81. The number of piperidine rings is 4. The maximum absolute atomic E-state index is 15.3. The summed E-state index contributed by atoms with van der Waals surface area (Å²) in [5.41, 5.74) is 6.50. The Bertz CT molecular complexity index is 6160. The molecule has 16 aliphatic rings. The summed E-state index contributed by atoms with van der Waals surface area (Å²) in [4.78, 5) is 110. The number of fused-ring (bicyclic) bond motifs is 1. The predicted molar refractivity (Wildman–Crippen MR) is 563 cm³/mol. The monoisotopic (exact) mass is 2200 g/mol. The quantitative estimate of drug-likeness (QED) is 0.0232. The lowest BCUT2D eigenvalue weighted by atomic mass is 9.50. The molecule has 2 unspecified atom stereocenters. The van der Waals surface area contributed by atoms with Gasteiger partial charge in [0.15, 0.2) is 11.8 Å². The van der Waals surface area contributed by atoms with Crippen LogP contribution in [-0.2, 0) is 23.9 Å². The zero-order valence-corrected chi connectivity index (χ0v) is 90.3. The Balaban J connectivity index is 0.000000126.